The molecule has 0 amide bonds. The topological polar surface area (TPSA) is 37.3 Å². The number of hydrogen-bond acceptors (Lipinski definition) is 1. The summed E-state index contributed by atoms with van der Waals surface area (Å²) >= 11 is -2.46. The molecule has 0 bridgehead atoms. The van der Waals surface area contributed by atoms with E-state index in [1.54, 1.807) is 0 Å². The average molecular weight is 138 g/mol. The van der Waals surface area contributed by atoms with Crippen molar-refractivity contribution >= 4 is 11.1 Å². The van der Waals surface area contributed by atoms with Crippen molar-refractivity contribution < 1.29 is 13.2 Å². The zero-order chi connectivity index (χ0) is 6.78. The van der Waals surface area contributed by atoms with Crippen LogP contribution in [-0.4, -0.2) is 13.8 Å². The highest BCUT2D eigenvalue weighted by atomic mass is 32.2. The minimum absolute atomic E-state index is 0.795. The minimum atomic E-state index is -2.46. The molecule has 0 aromatic carbocycles. The smallest absolute Gasteiger partial charge is 0.225 e. The lowest BCUT2D eigenvalue weighted by Crippen LogP contribution is -2.19. The first-order chi connectivity index (χ1) is 3.50. The second-order valence-corrected chi connectivity index (χ2v) is 2.74. The summed E-state index contributed by atoms with van der Waals surface area (Å²) in [6.45, 7) is 4.01. The van der Waals surface area contributed by atoms with E-state index in [2.05, 4.69) is 6.58 Å². The van der Waals surface area contributed by atoms with Gasteiger partial charge in [-0.3, -0.25) is 0 Å². The van der Waals surface area contributed by atoms with Gasteiger partial charge in [0.1, 0.15) is 0 Å². The average Bonchev–Trinajstić information content (AvgIpc) is 1.67. The van der Waals surface area contributed by atoms with Crippen LogP contribution in [0, 0.1) is 0 Å². The third-order valence-corrected chi connectivity index (χ3v) is 1.56. The van der Waals surface area contributed by atoms with Crippen molar-refractivity contribution in [2.45, 2.75) is 11.9 Å². The summed E-state index contributed by atoms with van der Waals surface area (Å²) < 4.78 is 30.3. The van der Waals surface area contributed by atoms with Crippen LogP contribution in [0.25, 0.3) is 0 Å². The van der Waals surface area contributed by atoms with Gasteiger partial charge < -0.3 is 4.55 Å². The molecular weight excluding hydrogens is 131 g/mol. The van der Waals surface area contributed by atoms with Gasteiger partial charge >= 0.3 is 0 Å². The van der Waals surface area contributed by atoms with Gasteiger partial charge in [0.2, 0.25) is 5.00 Å². The van der Waals surface area contributed by atoms with E-state index in [4.69, 9.17) is 4.55 Å². The summed E-state index contributed by atoms with van der Waals surface area (Å²) in [6, 6.07) is 0. The molecule has 0 aliphatic heterocycles. The molecule has 0 aliphatic rings. The van der Waals surface area contributed by atoms with E-state index in [0.29, 0.717) is 0 Å². The van der Waals surface area contributed by atoms with E-state index < -0.39 is 16.1 Å². The van der Waals surface area contributed by atoms with Gasteiger partial charge in [-0.25, -0.2) is 8.60 Å². The van der Waals surface area contributed by atoms with Gasteiger partial charge in [-0.05, 0) is 13.0 Å². The van der Waals surface area contributed by atoms with Gasteiger partial charge in [0.05, 0.1) is 0 Å². The number of alkyl halides is 1. The molecule has 0 fully saturated rings. The summed E-state index contributed by atoms with van der Waals surface area (Å²) in [5.74, 6) is 0. The zero-order valence-electron chi connectivity index (χ0n) is 4.43. The van der Waals surface area contributed by atoms with E-state index >= 15 is 0 Å². The molecule has 8 heavy (non-hydrogen) atoms. The van der Waals surface area contributed by atoms with Gasteiger partial charge in [0.25, 0.3) is 0 Å². The molecule has 0 heterocycles. The summed E-state index contributed by atoms with van der Waals surface area (Å²) in [5, 5.41) is -2.17. The fourth-order valence-electron chi connectivity index (χ4n) is 0.0713. The quantitative estimate of drug-likeness (QED) is 0.458. The van der Waals surface area contributed by atoms with E-state index in [-0.39, 0.29) is 0 Å². The van der Waals surface area contributed by atoms with Gasteiger partial charge in [-0.15, -0.1) is 0 Å². The zero-order valence-corrected chi connectivity index (χ0v) is 5.24. The van der Waals surface area contributed by atoms with Crippen LogP contribution in [0.3, 0.4) is 0 Å². The maximum absolute atomic E-state index is 12.3. The Morgan fingerprint density at radius 3 is 2.38 bits per heavy atom. The first-order valence-corrected chi connectivity index (χ1v) is 3.05. The van der Waals surface area contributed by atoms with Crippen molar-refractivity contribution in [3.05, 3.63) is 12.7 Å². The Morgan fingerprint density at radius 1 is 2.00 bits per heavy atom. The fourth-order valence-corrected chi connectivity index (χ4v) is 0.214. The van der Waals surface area contributed by atoms with Gasteiger partial charge in [-0.1, -0.05) is 6.58 Å². The highest BCUT2D eigenvalue weighted by Gasteiger charge is 2.25. The molecule has 0 radical (unpaired) electrons. The van der Waals surface area contributed by atoms with Crippen molar-refractivity contribution in [2.24, 2.45) is 0 Å². The molecule has 2 atom stereocenters. The van der Waals surface area contributed by atoms with Crippen LogP contribution in [0.2, 0.25) is 0 Å². The van der Waals surface area contributed by atoms with E-state index in [9.17, 15) is 8.60 Å². The Labute approximate surface area is 49.7 Å². The maximum atomic E-state index is 12.3. The predicted molar refractivity (Wildman–Crippen MR) is 30.5 cm³/mol. The molecule has 1 N–H and O–H groups in total. The van der Waals surface area contributed by atoms with Crippen molar-refractivity contribution in [1.82, 2.24) is 0 Å². The molecule has 0 aromatic rings. The van der Waals surface area contributed by atoms with E-state index in [1.165, 1.54) is 0 Å². The lowest BCUT2D eigenvalue weighted by atomic mass is 10.4. The SMILES string of the molecule is C=CC(C)(F)S(=O)O. The minimum Gasteiger partial charge on any atom is -0.303 e. The van der Waals surface area contributed by atoms with Crippen LogP contribution >= 0.6 is 0 Å². The van der Waals surface area contributed by atoms with Crippen LogP contribution in [-0.2, 0) is 11.1 Å². The summed E-state index contributed by atoms with van der Waals surface area (Å²) in [5.41, 5.74) is 0. The van der Waals surface area contributed by atoms with Crippen LogP contribution in [0.5, 0.6) is 0 Å². The Bertz CT molecular complexity index is 121. The summed E-state index contributed by atoms with van der Waals surface area (Å²) in [4.78, 5) is 0. The van der Waals surface area contributed by atoms with Crippen molar-refractivity contribution in [3.63, 3.8) is 0 Å². The standard InChI is InChI=1S/C4H7FO2S/c1-3-4(2,5)8(6)7/h3H,1H2,2H3,(H,6,7). The number of hydrogen-bond donors (Lipinski definition) is 1. The Hall–Kier alpha value is -0.220. The first-order valence-electron chi connectivity index (χ1n) is 1.94. The van der Waals surface area contributed by atoms with Crippen LogP contribution in [0.15, 0.2) is 12.7 Å². The molecule has 0 aliphatic carbocycles. The largest absolute Gasteiger partial charge is 0.303 e. The van der Waals surface area contributed by atoms with Gasteiger partial charge in [-0.2, -0.15) is 0 Å². The Balaban J connectivity index is 4.12. The van der Waals surface area contributed by atoms with Crippen molar-refractivity contribution in [1.29, 1.82) is 0 Å². The summed E-state index contributed by atoms with van der Waals surface area (Å²) in [7, 11) is 0. The molecule has 48 valence electrons. The number of rotatable bonds is 2. The Morgan fingerprint density at radius 2 is 2.38 bits per heavy atom. The molecule has 2 unspecified atom stereocenters. The lowest BCUT2D eigenvalue weighted by Gasteiger charge is -2.07. The first kappa shape index (κ1) is 7.78. The molecule has 0 saturated heterocycles. The normalized spacial score (nSPS) is 21.4. The molecule has 0 aromatic heterocycles. The van der Waals surface area contributed by atoms with Crippen molar-refractivity contribution in [2.75, 3.05) is 0 Å². The van der Waals surface area contributed by atoms with E-state index in [1.807, 2.05) is 0 Å². The predicted octanol–water partition coefficient (Wildman–Crippen LogP) is 1.08. The van der Waals surface area contributed by atoms with Crippen LogP contribution < -0.4 is 0 Å². The monoisotopic (exact) mass is 138 g/mol. The van der Waals surface area contributed by atoms with Gasteiger partial charge in [0.15, 0.2) is 11.1 Å². The van der Waals surface area contributed by atoms with E-state index in [0.717, 1.165) is 13.0 Å². The molecule has 0 saturated carbocycles. The van der Waals surface area contributed by atoms with Crippen LogP contribution in [0.4, 0.5) is 4.39 Å². The highest BCUT2D eigenvalue weighted by molar-refractivity contribution is 7.80. The maximum Gasteiger partial charge on any atom is 0.225 e. The molecule has 0 spiro atoms. The van der Waals surface area contributed by atoms with Crippen LogP contribution in [0.1, 0.15) is 6.92 Å². The summed E-state index contributed by atoms with van der Waals surface area (Å²) in [6.07, 6.45) is 0.795. The second kappa shape index (κ2) is 2.37. The third kappa shape index (κ3) is 1.71. The van der Waals surface area contributed by atoms with Crippen molar-refractivity contribution in [3.8, 4) is 0 Å². The highest BCUT2D eigenvalue weighted by Crippen LogP contribution is 2.13. The Kier molecular flexibility index (Phi) is 2.30. The number of halogens is 1. The fraction of sp³-hybridized carbons (Fsp3) is 0.500. The molecule has 4 heteroatoms. The molecular formula is C4H7FO2S. The third-order valence-electron chi connectivity index (χ3n) is 0.706. The van der Waals surface area contributed by atoms with Gasteiger partial charge in [0, 0.05) is 0 Å². The molecule has 2 nitrogen and oxygen atoms in total. The molecule has 0 rings (SSSR count). The second-order valence-electron chi connectivity index (χ2n) is 1.44. The lowest BCUT2D eigenvalue weighted by molar-refractivity contribution is 0.350.